The Morgan fingerprint density at radius 3 is 2.67 bits per heavy atom. The van der Waals surface area contributed by atoms with Crippen LogP contribution in [0.1, 0.15) is 27.9 Å². The Balaban J connectivity index is 1.49. The van der Waals surface area contributed by atoms with Crippen molar-refractivity contribution >= 4 is 23.4 Å². The summed E-state index contributed by atoms with van der Waals surface area (Å²) in [5, 5.41) is 0.424. The van der Waals surface area contributed by atoms with Crippen LogP contribution in [0.4, 0.5) is 0 Å². The fraction of sp³-hybridized carbons (Fsp3) is 0.222. The van der Waals surface area contributed by atoms with Gasteiger partial charge in [-0.15, -0.1) is 0 Å². The Morgan fingerprint density at radius 1 is 1.04 bits per heavy atom. The first-order chi connectivity index (χ1) is 11.6. The number of hydrogen-bond acceptors (Lipinski definition) is 3. The average molecular weight is 345 g/mol. The van der Waals surface area contributed by atoms with Crippen LogP contribution in [0.5, 0.6) is 5.75 Å². The van der Waals surface area contributed by atoms with E-state index < -0.39 is 5.91 Å². The molecular weight excluding hydrogens is 328 g/mol. The minimum absolute atomic E-state index is 0.242. The molecule has 0 aromatic heterocycles. The van der Waals surface area contributed by atoms with Crippen LogP contribution in [0.2, 0.25) is 5.02 Å². The molecule has 6 heteroatoms. The van der Waals surface area contributed by atoms with Crippen molar-refractivity contribution in [2.45, 2.75) is 19.3 Å². The molecular formula is C18H17ClN2O3. The quantitative estimate of drug-likeness (QED) is 0.838. The van der Waals surface area contributed by atoms with Crippen molar-refractivity contribution in [1.82, 2.24) is 10.9 Å². The van der Waals surface area contributed by atoms with Gasteiger partial charge in [-0.05, 0) is 54.7 Å². The molecule has 0 unspecified atom stereocenters. The van der Waals surface area contributed by atoms with E-state index in [0.29, 0.717) is 16.3 Å². The molecule has 0 spiro atoms. The summed E-state index contributed by atoms with van der Waals surface area (Å²) >= 11 is 5.94. The number of ether oxygens (including phenoxy) is 1. The van der Waals surface area contributed by atoms with Gasteiger partial charge >= 0.3 is 0 Å². The van der Waals surface area contributed by atoms with Gasteiger partial charge in [-0.25, -0.2) is 0 Å². The minimum Gasteiger partial charge on any atom is -0.482 e. The summed E-state index contributed by atoms with van der Waals surface area (Å²) in [6.07, 6.45) is 3.18. The van der Waals surface area contributed by atoms with E-state index in [1.54, 1.807) is 30.3 Å². The highest BCUT2D eigenvalue weighted by Crippen LogP contribution is 2.23. The molecule has 1 aliphatic carbocycles. The first kappa shape index (κ1) is 16.3. The van der Waals surface area contributed by atoms with Crippen molar-refractivity contribution in [1.29, 1.82) is 0 Å². The SMILES string of the molecule is O=C(COc1ccccc1Cl)NNC(=O)c1ccc2c(c1)CCC2. The summed E-state index contributed by atoms with van der Waals surface area (Å²) in [6.45, 7) is -0.242. The third-order valence-corrected chi connectivity index (χ3v) is 4.18. The number of carbonyl (C=O) groups is 2. The molecule has 1 aliphatic rings. The highest BCUT2D eigenvalue weighted by molar-refractivity contribution is 6.32. The molecule has 0 fully saturated rings. The van der Waals surface area contributed by atoms with Crippen molar-refractivity contribution in [3.05, 3.63) is 64.2 Å². The molecule has 0 radical (unpaired) electrons. The van der Waals surface area contributed by atoms with E-state index >= 15 is 0 Å². The second-order valence-corrected chi connectivity index (χ2v) is 5.97. The maximum Gasteiger partial charge on any atom is 0.276 e. The van der Waals surface area contributed by atoms with E-state index in [1.807, 2.05) is 12.1 Å². The van der Waals surface area contributed by atoms with Crippen LogP contribution in [-0.4, -0.2) is 18.4 Å². The molecule has 5 nitrogen and oxygen atoms in total. The summed E-state index contributed by atoms with van der Waals surface area (Å²) in [5.74, 6) is -0.403. The molecule has 124 valence electrons. The number of aryl methyl sites for hydroxylation is 2. The monoisotopic (exact) mass is 344 g/mol. The van der Waals surface area contributed by atoms with E-state index in [-0.39, 0.29) is 12.5 Å². The molecule has 2 aromatic carbocycles. The number of hydrogen-bond donors (Lipinski definition) is 2. The molecule has 2 N–H and O–H groups in total. The predicted molar refractivity (Wildman–Crippen MR) is 91.0 cm³/mol. The second-order valence-electron chi connectivity index (χ2n) is 5.56. The number of benzene rings is 2. The van der Waals surface area contributed by atoms with Crippen LogP contribution in [-0.2, 0) is 17.6 Å². The maximum absolute atomic E-state index is 12.1. The zero-order chi connectivity index (χ0) is 16.9. The van der Waals surface area contributed by atoms with Crippen LogP contribution in [0.3, 0.4) is 0 Å². The van der Waals surface area contributed by atoms with Gasteiger partial charge in [0.2, 0.25) is 0 Å². The van der Waals surface area contributed by atoms with E-state index in [9.17, 15) is 9.59 Å². The van der Waals surface area contributed by atoms with Crippen molar-refractivity contribution in [3.63, 3.8) is 0 Å². The van der Waals surface area contributed by atoms with Gasteiger partial charge in [0, 0.05) is 5.56 Å². The minimum atomic E-state index is -0.468. The van der Waals surface area contributed by atoms with Gasteiger partial charge in [-0.2, -0.15) is 0 Å². The first-order valence-electron chi connectivity index (χ1n) is 7.72. The van der Waals surface area contributed by atoms with Gasteiger partial charge in [0.1, 0.15) is 5.75 Å². The summed E-state index contributed by atoms with van der Waals surface area (Å²) < 4.78 is 5.30. The second kappa shape index (κ2) is 7.36. The number of fused-ring (bicyclic) bond motifs is 1. The van der Waals surface area contributed by atoms with Gasteiger partial charge in [0.25, 0.3) is 11.8 Å². The van der Waals surface area contributed by atoms with Crippen molar-refractivity contribution < 1.29 is 14.3 Å². The lowest BCUT2D eigenvalue weighted by Crippen LogP contribution is -2.43. The lowest BCUT2D eigenvalue weighted by Gasteiger charge is -2.10. The number of carbonyl (C=O) groups excluding carboxylic acids is 2. The predicted octanol–water partition coefficient (Wildman–Crippen LogP) is 2.67. The Labute approximate surface area is 144 Å². The normalized spacial score (nSPS) is 12.4. The van der Waals surface area contributed by atoms with Crippen molar-refractivity contribution in [3.8, 4) is 5.75 Å². The van der Waals surface area contributed by atoms with E-state index in [2.05, 4.69) is 10.9 Å². The number of hydrazine groups is 1. The number of amides is 2. The van der Waals surface area contributed by atoms with Crippen LogP contribution in [0.25, 0.3) is 0 Å². The van der Waals surface area contributed by atoms with E-state index in [4.69, 9.17) is 16.3 Å². The Bertz CT molecular complexity index is 777. The number of para-hydroxylation sites is 1. The van der Waals surface area contributed by atoms with Gasteiger partial charge in [0.15, 0.2) is 6.61 Å². The summed E-state index contributed by atoms with van der Waals surface area (Å²) in [4.78, 5) is 23.8. The fourth-order valence-corrected chi connectivity index (χ4v) is 2.84. The van der Waals surface area contributed by atoms with Crippen molar-refractivity contribution in [2.24, 2.45) is 0 Å². The van der Waals surface area contributed by atoms with Crippen LogP contribution in [0, 0.1) is 0 Å². The highest BCUT2D eigenvalue weighted by Gasteiger charge is 2.14. The fourth-order valence-electron chi connectivity index (χ4n) is 2.65. The van der Waals surface area contributed by atoms with Crippen LogP contribution in [0.15, 0.2) is 42.5 Å². The summed E-state index contributed by atoms with van der Waals surface area (Å²) in [5.41, 5.74) is 7.75. The van der Waals surface area contributed by atoms with Crippen LogP contribution < -0.4 is 15.6 Å². The van der Waals surface area contributed by atoms with Gasteiger partial charge in [0.05, 0.1) is 5.02 Å². The lowest BCUT2D eigenvalue weighted by molar-refractivity contribution is -0.123. The maximum atomic E-state index is 12.1. The van der Waals surface area contributed by atoms with Crippen LogP contribution >= 0.6 is 11.6 Å². The summed E-state index contributed by atoms with van der Waals surface area (Å²) in [6, 6.07) is 12.5. The lowest BCUT2D eigenvalue weighted by atomic mass is 10.1. The topological polar surface area (TPSA) is 67.4 Å². The molecule has 0 saturated heterocycles. The molecule has 2 aromatic rings. The third kappa shape index (κ3) is 3.86. The van der Waals surface area contributed by atoms with Gasteiger partial charge in [-0.1, -0.05) is 29.8 Å². The van der Waals surface area contributed by atoms with E-state index in [1.165, 1.54) is 11.1 Å². The number of halogens is 1. The molecule has 2 amide bonds. The number of rotatable bonds is 4. The zero-order valence-corrected chi connectivity index (χ0v) is 13.7. The molecule has 0 bridgehead atoms. The molecule has 24 heavy (non-hydrogen) atoms. The Kier molecular flexibility index (Phi) is 5.01. The molecule has 0 heterocycles. The molecule has 3 rings (SSSR count). The standard InChI is InChI=1S/C18H17ClN2O3/c19-15-6-1-2-7-16(15)24-11-17(22)20-21-18(23)14-9-8-12-4-3-5-13(12)10-14/h1-2,6-10H,3-5,11H2,(H,20,22)(H,21,23). The van der Waals surface area contributed by atoms with Crippen molar-refractivity contribution in [2.75, 3.05) is 6.61 Å². The molecule has 0 aliphatic heterocycles. The average Bonchev–Trinajstić information content (AvgIpc) is 3.06. The Hall–Kier alpha value is -2.53. The molecule has 0 saturated carbocycles. The summed E-state index contributed by atoms with van der Waals surface area (Å²) in [7, 11) is 0. The zero-order valence-electron chi connectivity index (χ0n) is 13.0. The largest absolute Gasteiger partial charge is 0.482 e. The Morgan fingerprint density at radius 2 is 1.83 bits per heavy atom. The third-order valence-electron chi connectivity index (χ3n) is 3.87. The van der Waals surface area contributed by atoms with E-state index in [0.717, 1.165) is 19.3 Å². The van der Waals surface area contributed by atoms with Gasteiger partial charge < -0.3 is 4.74 Å². The highest BCUT2D eigenvalue weighted by atomic mass is 35.5. The first-order valence-corrected chi connectivity index (χ1v) is 8.09. The molecule has 0 atom stereocenters. The number of nitrogens with one attached hydrogen (secondary N) is 2. The van der Waals surface area contributed by atoms with Gasteiger partial charge in [-0.3, -0.25) is 20.4 Å². The smallest absolute Gasteiger partial charge is 0.276 e.